The summed E-state index contributed by atoms with van der Waals surface area (Å²) in [4.78, 5) is 0. The Morgan fingerprint density at radius 2 is 1.14 bits per heavy atom. The van der Waals surface area contributed by atoms with Crippen molar-refractivity contribution < 1.29 is 24.8 Å². The Kier molecular flexibility index (Phi) is 7.60. The molecule has 0 heterocycles. The molecule has 110 valence electrons. The van der Waals surface area contributed by atoms with Crippen molar-refractivity contribution in [3.05, 3.63) is 58.6 Å². The van der Waals surface area contributed by atoms with Gasteiger partial charge < -0.3 is 24.8 Å². The predicted molar refractivity (Wildman–Crippen MR) is 83.5 cm³/mol. The van der Waals surface area contributed by atoms with Gasteiger partial charge in [0.1, 0.15) is 5.75 Å². The molecule has 0 aromatic heterocycles. The van der Waals surface area contributed by atoms with Crippen LogP contribution in [0.4, 0.5) is 0 Å². The van der Waals surface area contributed by atoms with Crippen LogP contribution in [-0.4, -0.2) is 34.5 Å². The SMILES string of the molecule is OB(O)Oc1ccc(Cl)cc1.OB(O)c1ccc(Cl)cc1. The zero-order chi connectivity index (χ0) is 15.8. The standard InChI is InChI=1S/C6H6BClO3.C6H6BClO2/c8-5-1-3-6(4-2-5)11-7(9)10;8-6-3-1-5(2-4-6)7(9)10/h1-4,9-10H;1-4,9-10H. The quantitative estimate of drug-likeness (QED) is 0.623. The summed E-state index contributed by atoms with van der Waals surface area (Å²) in [5.41, 5.74) is 0.449. The van der Waals surface area contributed by atoms with Crippen molar-refractivity contribution in [3.8, 4) is 5.75 Å². The first-order valence-corrected chi connectivity index (χ1v) is 6.54. The van der Waals surface area contributed by atoms with Crippen molar-refractivity contribution in [1.29, 1.82) is 0 Å². The fourth-order valence-electron chi connectivity index (χ4n) is 1.27. The molecule has 0 radical (unpaired) electrons. The van der Waals surface area contributed by atoms with Gasteiger partial charge in [0.15, 0.2) is 0 Å². The second-order valence-corrected chi connectivity index (χ2v) is 4.70. The monoisotopic (exact) mass is 328 g/mol. The minimum atomic E-state index is -1.78. The summed E-state index contributed by atoms with van der Waals surface area (Å²) in [5, 5.41) is 35.2. The second-order valence-electron chi connectivity index (χ2n) is 3.82. The van der Waals surface area contributed by atoms with Crippen LogP contribution in [0.3, 0.4) is 0 Å². The smallest absolute Gasteiger partial charge is 0.512 e. The first-order chi connectivity index (χ1) is 9.88. The molecule has 2 rings (SSSR count). The molecule has 0 unspecified atom stereocenters. The van der Waals surface area contributed by atoms with Gasteiger partial charge in [-0.1, -0.05) is 35.3 Å². The molecule has 0 aliphatic carbocycles. The highest BCUT2D eigenvalue weighted by atomic mass is 35.5. The second kappa shape index (κ2) is 8.94. The topological polar surface area (TPSA) is 90.2 Å². The number of rotatable bonds is 3. The van der Waals surface area contributed by atoms with Crippen molar-refractivity contribution >= 4 is 43.1 Å². The highest BCUT2D eigenvalue weighted by molar-refractivity contribution is 6.58. The van der Waals surface area contributed by atoms with Gasteiger partial charge in [-0.2, -0.15) is 0 Å². The Morgan fingerprint density at radius 1 is 0.714 bits per heavy atom. The maximum absolute atomic E-state index is 8.63. The van der Waals surface area contributed by atoms with Crippen molar-refractivity contribution in [3.63, 3.8) is 0 Å². The van der Waals surface area contributed by atoms with Crippen LogP contribution in [0.25, 0.3) is 0 Å². The molecule has 4 N–H and O–H groups in total. The summed E-state index contributed by atoms with van der Waals surface area (Å²) < 4.78 is 4.52. The van der Waals surface area contributed by atoms with E-state index in [1.807, 2.05) is 0 Å². The maximum atomic E-state index is 8.63. The molecule has 0 aliphatic heterocycles. The fraction of sp³-hybridized carbons (Fsp3) is 0. The van der Waals surface area contributed by atoms with E-state index in [0.717, 1.165) is 0 Å². The lowest BCUT2D eigenvalue weighted by atomic mass is 9.81. The Hall–Kier alpha value is -1.21. The Bertz CT molecular complexity index is 534. The Balaban J connectivity index is 0.000000211. The number of hydrogen-bond acceptors (Lipinski definition) is 5. The molecule has 9 heteroatoms. The molecule has 2 aromatic rings. The Morgan fingerprint density at radius 3 is 1.52 bits per heavy atom. The molecule has 0 saturated heterocycles. The normalized spacial score (nSPS) is 9.43. The van der Waals surface area contributed by atoms with Gasteiger partial charge in [-0.25, -0.2) is 0 Å². The molecule has 0 aliphatic rings. The van der Waals surface area contributed by atoms with Crippen LogP contribution in [-0.2, 0) is 0 Å². The van der Waals surface area contributed by atoms with E-state index in [1.165, 1.54) is 0 Å². The van der Waals surface area contributed by atoms with E-state index in [1.54, 1.807) is 48.5 Å². The maximum Gasteiger partial charge on any atom is 0.707 e. The zero-order valence-corrected chi connectivity index (χ0v) is 12.2. The zero-order valence-electron chi connectivity index (χ0n) is 10.7. The molecule has 2 aromatic carbocycles. The highest BCUT2D eigenvalue weighted by Gasteiger charge is 2.10. The van der Waals surface area contributed by atoms with E-state index in [4.69, 9.17) is 43.3 Å². The highest BCUT2D eigenvalue weighted by Crippen LogP contribution is 2.15. The van der Waals surface area contributed by atoms with Gasteiger partial charge in [0.25, 0.3) is 0 Å². The summed E-state index contributed by atoms with van der Waals surface area (Å²) in [5.74, 6) is 0.365. The molecule has 0 fully saturated rings. The van der Waals surface area contributed by atoms with E-state index in [9.17, 15) is 0 Å². The van der Waals surface area contributed by atoms with Crippen LogP contribution in [0.1, 0.15) is 0 Å². The van der Waals surface area contributed by atoms with E-state index in [-0.39, 0.29) is 0 Å². The van der Waals surface area contributed by atoms with Gasteiger partial charge in [-0.05, 0) is 41.9 Å². The molecular formula is C12H12B2Cl2O5. The first-order valence-electron chi connectivity index (χ1n) is 5.78. The van der Waals surface area contributed by atoms with E-state index in [0.29, 0.717) is 21.3 Å². The van der Waals surface area contributed by atoms with Gasteiger partial charge in [-0.3, -0.25) is 0 Å². The summed E-state index contributed by atoms with van der Waals surface area (Å²) >= 11 is 11.1. The lowest BCUT2D eigenvalue weighted by molar-refractivity contribution is 0.288. The van der Waals surface area contributed by atoms with Crippen molar-refractivity contribution in [2.24, 2.45) is 0 Å². The molecule has 0 amide bonds. The minimum Gasteiger partial charge on any atom is -0.512 e. The average Bonchev–Trinajstić information content (AvgIpc) is 2.42. The lowest BCUT2D eigenvalue weighted by Gasteiger charge is -2.02. The molecule has 0 spiro atoms. The van der Waals surface area contributed by atoms with Crippen LogP contribution in [0.5, 0.6) is 5.75 Å². The van der Waals surface area contributed by atoms with Crippen molar-refractivity contribution in [2.75, 3.05) is 0 Å². The lowest BCUT2D eigenvalue weighted by Crippen LogP contribution is -2.29. The summed E-state index contributed by atoms with van der Waals surface area (Å²) in [6.07, 6.45) is 0. The number of benzene rings is 2. The van der Waals surface area contributed by atoms with Crippen LogP contribution in [0, 0.1) is 0 Å². The van der Waals surface area contributed by atoms with Gasteiger partial charge >= 0.3 is 14.4 Å². The number of hydrogen-bond donors (Lipinski definition) is 4. The third kappa shape index (κ3) is 7.38. The van der Waals surface area contributed by atoms with Crippen LogP contribution in [0.15, 0.2) is 48.5 Å². The summed E-state index contributed by atoms with van der Waals surface area (Å²) in [6.45, 7) is 0. The molecule has 0 atom stereocenters. The first kappa shape index (κ1) is 17.8. The average molecular weight is 329 g/mol. The van der Waals surface area contributed by atoms with Gasteiger partial charge in [0.05, 0.1) is 0 Å². The van der Waals surface area contributed by atoms with Crippen LogP contribution < -0.4 is 10.1 Å². The molecule has 0 bridgehead atoms. The van der Waals surface area contributed by atoms with E-state index in [2.05, 4.69) is 4.65 Å². The third-order valence-corrected chi connectivity index (χ3v) is 2.73. The predicted octanol–water partition coefficient (Wildman–Crippen LogP) is 0.708. The van der Waals surface area contributed by atoms with E-state index >= 15 is 0 Å². The molecular weight excluding hydrogens is 317 g/mol. The molecule has 5 nitrogen and oxygen atoms in total. The summed E-state index contributed by atoms with van der Waals surface area (Å²) in [6, 6.07) is 12.6. The molecule has 0 saturated carbocycles. The van der Waals surface area contributed by atoms with Gasteiger partial charge in [0, 0.05) is 10.0 Å². The fourth-order valence-corrected chi connectivity index (χ4v) is 1.52. The van der Waals surface area contributed by atoms with Crippen molar-refractivity contribution in [1.82, 2.24) is 0 Å². The number of halogens is 2. The third-order valence-electron chi connectivity index (χ3n) is 2.22. The van der Waals surface area contributed by atoms with Gasteiger partial charge in [0.2, 0.25) is 0 Å². The molecule has 21 heavy (non-hydrogen) atoms. The van der Waals surface area contributed by atoms with Crippen molar-refractivity contribution in [2.45, 2.75) is 0 Å². The van der Waals surface area contributed by atoms with Crippen LogP contribution in [0.2, 0.25) is 10.0 Å². The van der Waals surface area contributed by atoms with Crippen LogP contribution >= 0.6 is 23.2 Å². The van der Waals surface area contributed by atoms with Gasteiger partial charge in [-0.15, -0.1) is 0 Å². The minimum absolute atomic E-state index is 0.365. The Labute approximate surface area is 132 Å². The summed E-state index contributed by atoms with van der Waals surface area (Å²) in [7, 11) is -3.19. The largest absolute Gasteiger partial charge is 0.707 e. The van der Waals surface area contributed by atoms with E-state index < -0.39 is 14.4 Å².